The van der Waals surface area contributed by atoms with Crippen molar-refractivity contribution in [2.24, 2.45) is 5.73 Å². The van der Waals surface area contributed by atoms with E-state index in [0.29, 0.717) is 40.9 Å². The number of thiophene rings is 1. The van der Waals surface area contributed by atoms with Gasteiger partial charge in [-0.25, -0.2) is 0 Å². The zero-order valence-electron chi connectivity index (χ0n) is 16.1. The second kappa shape index (κ2) is 8.36. The molecule has 0 saturated carbocycles. The largest absolute Gasteiger partial charge is 0.365 e. The lowest BCUT2D eigenvalue weighted by atomic mass is 10.0. The van der Waals surface area contributed by atoms with Gasteiger partial charge < -0.3 is 16.0 Å². The number of hydrogen-bond acceptors (Lipinski definition) is 5. The Morgan fingerprint density at radius 3 is 2.46 bits per heavy atom. The summed E-state index contributed by atoms with van der Waals surface area (Å²) < 4.78 is 0. The highest BCUT2D eigenvalue weighted by Gasteiger charge is 2.28. The number of primary amides is 1. The number of carbonyl (C=O) groups excluding carboxylic acids is 3. The maximum absolute atomic E-state index is 12.7. The molecule has 3 N–H and O–H groups in total. The first kappa shape index (κ1) is 20.4. The summed E-state index contributed by atoms with van der Waals surface area (Å²) in [5.41, 5.74) is 7.31. The van der Waals surface area contributed by atoms with E-state index in [-0.39, 0.29) is 11.8 Å². The van der Waals surface area contributed by atoms with Crippen molar-refractivity contribution in [2.75, 3.05) is 11.9 Å². The fourth-order valence-corrected chi connectivity index (χ4v) is 5.25. The van der Waals surface area contributed by atoms with Gasteiger partial charge in [0.05, 0.1) is 12.1 Å². The number of benzene rings is 1. The van der Waals surface area contributed by atoms with Crippen LogP contribution in [0.5, 0.6) is 0 Å². The van der Waals surface area contributed by atoms with Crippen molar-refractivity contribution < 1.29 is 14.4 Å². The van der Waals surface area contributed by atoms with Crippen molar-refractivity contribution in [2.45, 2.75) is 43.9 Å². The molecule has 0 unspecified atom stereocenters. The highest BCUT2D eigenvalue weighted by Crippen LogP contribution is 2.37. The Morgan fingerprint density at radius 1 is 1.21 bits per heavy atom. The number of nitrogens with zero attached hydrogens (tertiary/aromatic N) is 1. The Labute approximate surface area is 172 Å². The van der Waals surface area contributed by atoms with Gasteiger partial charge in [0.2, 0.25) is 5.91 Å². The van der Waals surface area contributed by atoms with Crippen LogP contribution in [0.4, 0.5) is 5.00 Å². The van der Waals surface area contributed by atoms with Gasteiger partial charge in [-0.2, -0.15) is 0 Å². The zero-order valence-corrected chi connectivity index (χ0v) is 17.7. The van der Waals surface area contributed by atoms with Crippen molar-refractivity contribution in [1.29, 1.82) is 0 Å². The Morgan fingerprint density at radius 2 is 1.89 bits per heavy atom. The van der Waals surface area contributed by atoms with Crippen molar-refractivity contribution in [3.05, 3.63) is 45.8 Å². The third kappa shape index (κ3) is 4.39. The average Bonchev–Trinajstić information content (AvgIpc) is 2.98. The van der Waals surface area contributed by atoms with Gasteiger partial charge in [0.1, 0.15) is 5.00 Å². The normalized spacial score (nSPS) is 13.4. The highest BCUT2D eigenvalue weighted by molar-refractivity contribution is 7.99. The summed E-state index contributed by atoms with van der Waals surface area (Å²) in [5, 5.41) is 3.75. The molecule has 0 aliphatic carbocycles. The second-order valence-electron chi connectivity index (χ2n) is 6.91. The van der Waals surface area contributed by atoms with Crippen LogP contribution in [0.1, 0.15) is 51.9 Å². The van der Waals surface area contributed by atoms with E-state index < -0.39 is 5.91 Å². The number of hydrogen-bond donors (Lipinski definition) is 2. The molecule has 0 bridgehead atoms. The number of nitrogens with two attached hydrogens (primary N) is 1. The van der Waals surface area contributed by atoms with Crippen LogP contribution in [0.2, 0.25) is 0 Å². The van der Waals surface area contributed by atoms with Crippen LogP contribution in [0.3, 0.4) is 0 Å². The standard InChI is InChI=1S/C20H23N3O3S2/c1-11(2)27-14-6-4-13(5-7-14)19(26)22-20-17(18(21)25)15-8-9-23(12(3)24)10-16(15)28-20/h4-7,11H,8-10H2,1-3H3,(H2,21,25)(H,22,26). The summed E-state index contributed by atoms with van der Waals surface area (Å²) in [4.78, 5) is 40.1. The molecule has 28 heavy (non-hydrogen) atoms. The van der Waals surface area contributed by atoms with Gasteiger partial charge in [-0.15, -0.1) is 23.1 Å². The molecule has 1 aromatic heterocycles. The van der Waals surface area contributed by atoms with Crippen molar-refractivity contribution >= 4 is 45.8 Å². The van der Waals surface area contributed by atoms with E-state index in [9.17, 15) is 14.4 Å². The number of thioether (sulfide) groups is 1. The molecule has 0 spiro atoms. The summed E-state index contributed by atoms with van der Waals surface area (Å²) in [7, 11) is 0. The summed E-state index contributed by atoms with van der Waals surface area (Å²) in [5.74, 6) is -0.858. The fraction of sp³-hybridized carbons (Fsp3) is 0.350. The quantitative estimate of drug-likeness (QED) is 0.728. The van der Waals surface area contributed by atoms with Gasteiger partial charge in [-0.1, -0.05) is 13.8 Å². The predicted molar refractivity (Wildman–Crippen MR) is 113 cm³/mol. The van der Waals surface area contributed by atoms with Gasteiger partial charge in [-0.3, -0.25) is 14.4 Å². The number of rotatable bonds is 5. The smallest absolute Gasteiger partial charge is 0.256 e. The number of anilines is 1. The van der Waals surface area contributed by atoms with E-state index >= 15 is 0 Å². The van der Waals surface area contributed by atoms with E-state index in [1.807, 2.05) is 12.1 Å². The number of amides is 3. The predicted octanol–water partition coefficient (Wildman–Crippen LogP) is 3.50. The van der Waals surface area contributed by atoms with E-state index in [1.54, 1.807) is 28.8 Å². The van der Waals surface area contributed by atoms with Crippen molar-refractivity contribution in [3.8, 4) is 0 Å². The number of fused-ring (bicyclic) bond motifs is 1. The number of nitrogens with one attached hydrogen (secondary N) is 1. The monoisotopic (exact) mass is 417 g/mol. The molecular weight excluding hydrogens is 394 g/mol. The van der Waals surface area contributed by atoms with Crippen LogP contribution in [-0.4, -0.2) is 34.4 Å². The first-order chi connectivity index (χ1) is 13.3. The Balaban J connectivity index is 1.83. The molecule has 148 valence electrons. The molecule has 6 nitrogen and oxygen atoms in total. The molecule has 8 heteroatoms. The third-order valence-electron chi connectivity index (χ3n) is 4.46. The molecule has 0 atom stereocenters. The molecule has 2 heterocycles. The van der Waals surface area contributed by atoms with Crippen LogP contribution in [0.15, 0.2) is 29.2 Å². The van der Waals surface area contributed by atoms with Crippen LogP contribution < -0.4 is 11.1 Å². The Kier molecular flexibility index (Phi) is 6.10. The zero-order chi connectivity index (χ0) is 20.4. The minimum atomic E-state index is -0.562. The first-order valence-electron chi connectivity index (χ1n) is 9.04. The topological polar surface area (TPSA) is 92.5 Å². The molecule has 0 fully saturated rings. The van der Waals surface area contributed by atoms with Crippen molar-refractivity contribution in [3.63, 3.8) is 0 Å². The minimum absolute atomic E-state index is 0.00961. The second-order valence-corrected chi connectivity index (χ2v) is 9.66. The summed E-state index contributed by atoms with van der Waals surface area (Å²) in [6.45, 7) is 6.73. The Bertz CT molecular complexity index is 920. The molecule has 1 aliphatic heterocycles. The third-order valence-corrected chi connectivity index (χ3v) is 6.61. The van der Waals surface area contributed by atoms with E-state index in [1.165, 1.54) is 18.3 Å². The lowest BCUT2D eigenvalue weighted by molar-refractivity contribution is -0.129. The molecule has 3 amide bonds. The fourth-order valence-electron chi connectivity index (χ4n) is 3.15. The van der Waals surface area contributed by atoms with Crippen LogP contribution >= 0.6 is 23.1 Å². The minimum Gasteiger partial charge on any atom is -0.365 e. The highest BCUT2D eigenvalue weighted by atomic mass is 32.2. The summed E-state index contributed by atoms with van der Waals surface area (Å²) >= 11 is 3.04. The van der Waals surface area contributed by atoms with Gasteiger partial charge in [0.25, 0.3) is 11.8 Å². The molecule has 2 aromatic rings. The van der Waals surface area contributed by atoms with Crippen LogP contribution in [0, 0.1) is 0 Å². The van der Waals surface area contributed by atoms with Crippen molar-refractivity contribution in [1.82, 2.24) is 4.90 Å². The lowest BCUT2D eigenvalue weighted by Gasteiger charge is -2.25. The molecule has 1 aromatic carbocycles. The average molecular weight is 418 g/mol. The van der Waals surface area contributed by atoms with E-state index in [2.05, 4.69) is 19.2 Å². The van der Waals surface area contributed by atoms with Crippen LogP contribution in [-0.2, 0) is 17.8 Å². The van der Waals surface area contributed by atoms with Gasteiger partial charge in [0, 0.05) is 34.1 Å². The molecule has 1 aliphatic rings. The molecule has 0 saturated heterocycles. The van der Waals surface area contributed by atoms with Gasteiger partial charge >= 0.3 is 0 Å². The molecule has 3 rings (SSSR count). The molecule has 0 radical (unpaired) electrons. The van der Waals surface area contributed by atoms with E-state index in [4.69, 9.17) is 5.73 Å². The summed E-state index contributed by atoms with van der Waals surface area (Å²) in [6, 6.07) is 7.38. The molecular formula is C20H23N3O3S2. The first-order valence-corrected chi connectivity index (χ1v) is 10.7. The van der Waals surface area contributed by atoms with E-state index in [0.717, 1.165) is 15.3 Å². The van der Waals surface area contributed by atoms with Crippen LogP contribution in [0.25, 0.3) is 0 Å². The Hall–Kier alpha value is -2.32. The maximum atomic E-state index is 12.7. The maximum Gasteiger partial charge on any atom is 0.256 e. The number of carbonyl (C=O) groups is 3. The lowest BCUT2D eigenvalue weighted by Crippen LogP contribution is -2.34. The van der Waals surface area contributed by atoms with Gasteiger partial charge in [-0.05, 0) is 36.2 Å². The SMILES string of the molecule is CC(=O)N1CCc2c(sc(NC(=O)c3ccc(SC(C)C)cc3)c2C(N)=O)C1. The van der Waals surface area contributed by atoms with Gasteiger partial charge in [0.15, 0.2) is 0 Å². The summed E-state index contributed by atoms with van der Waals surface area (Å²) in [6.07, 6.45) is 0.556.